The summed E-state index contributed by atoms with van der Waals surface area (Å²) >= 11 is 0. The second-order valence-electron chi connectivity index (χ2n) is 9.09. The lowest BCUT2D eigenvalue weighted by Crippen LogP contribution is -2.16. The van der Waals surface area contributed by atoms with Gasteiger partial charge in [0.1, 0.15) is 17.2 Å². The van der Waals surface area contributed by atoms with Crippen molar-refractivity contribution in [2.45, 2.75) is 19.3 Å². The second-order valence-corrected chi connectivity index (χ2v) is 9.09. The Bertz CT molecular complexity index is 1740. The number of halogens is 3. The summed E-state index contributed by atoms with van der Waals surface area (Å²) in [4.78, 5) is 28.2. The van der Waals surface area contributed by atoms with Gasteiger partial charge in [0, 0.05) is 41.4 Å². The molecule has 0 spiro atoms. The summed E-state index contributed by atoms with van der Waals surface area (Å²) in [5.74, 6) is -2.58. The Hall–Kier alpha value is -5.52. The van der Waals surface area contributed by atoms with Crippen LogP contribution in [0.4, 0.5) is 18.9 Å². The minimum atomic E-state index is -4.84. The van der Waals surface area contributed by atoms with E-state index in [2.05, 4.69) is 15.0 Å². The lowest BCUT2D eigenvalue weighted by atomic mass is 10.1. The van der Waals surface area contributed by atoms with Crippen LogP contribution in [0.15, 0.2) is 91.3 Å². The van der Waals surface area contributed by atoms with Crippen molar-refractivity contribution in [1.82, 2.24) is 9.55 Å². The highest BCUT2D eigenvalue weighted by molar-refractivity contribution is 6.07. The van der Waals surface area contributed by atoms with Crippen molar-refractivity contribution in [1.29, 1.82) is 0 Å². The number of aromatic carboxylic acids is 1. The molecule has 3 N–H and O–H groups in total. The highest BCUT2D eigenvalue weighted by atomic mass is 19.4. The highest BCUT2D eigenvalue weighted by Crippen LogP contribution is 2.35. The fourth-order valence-electron chi connectivity index (χ4n) is 4.51. The van der Waals surface area contributed by atoms with Gasteiger partial charge in [0.15, 0.2) is 0 Å². The molecule has 9 nitrogen and oxygen atoms in total. The van der Waals surface area contributed by atoms with Crippen molar-refractivity contribution in [3.05, 3.63) is 108 Å². The predicted octanol–water partition coefficient (Wildman–Crippen LogP) is 6.65. The number of pyridine rings is 1. The molecule has 0 aliphatic rings. The molecule has 214 valence electrons. The number of aliphatic carboxylic acids is 1. The topological polar surface area (TPSA) is 123 Å². The van der Waals surface area contributed by atoms with E-state index >= 15 is 0 Å². The number of benzene rings is 3. The molecule has 0 amide bonds. The van der Waals surface area contributed by atoms with Crippen LogP contribution in [0.3, 0.4) is 0 Å². The first-order valence-electron chi connectivity index (χ1n) is 12.5. The van der Waals surface area contributed by atoms with Gasteiger partial charge < -0.3 is 29.6 Å². The van der Waals surface area contributed by atoms with Crippen molar-refractivity contribution in [2.24, 2.45) is 0 Å². The van der Waals surface area contributed by atoms with E-state index in [-0.39, 0.29) is 28.1 Å². The van der Waals surface area contributed by atoms with Crippen LogP contribution in [0.1, 0.15) is 21.6 Å². The van der Waals surface area contributed by atoms with Gasteiger partial charge >= 0.3 is 18.3 Å². The number of carbonyl (C=O) groups is 2. The van der Waals surface area contributed by atoms with Gasteiger partial charge in [-0.2, -0.15) is 0 Å². The number of hydrogen-bond acceptors (Lipinski definition) is 6. The van der Waals surface area contributed by atoms with Gasteiger partial charge in [0.25, 0.3) is 0 Å². The van der Waals surface area contributed by atoms with Crippen molar-refractivity contribution >= 4 is 28.5 Å². The maximum Gasteiger partial charge on any atom is 0.573 e. The van der Waals surface area contributed by atoms with Gasteiger partial charge in [-0.05, 0) is 78.4 Å². The summed E-state index contributed by atoms with van der Waals surface area (Å²) in [5.41, 5.74) is 2.61. The summed E-state index contributed by atoms with van der Waals surface area (Å²) in [7, 11) is 0. The number of rotatable bonds is 10. The lowest BCUT2D eigenvalue weighted by Gasteiger charge is -2.13. The third-order valence-corrected chi connectivity index (χ3v) is 6.21. The Labute approximate surface area is 236 Å². The van der Waals surface area contributed by atoms with Crippen LogP contribution < -0.4 is 14.8 Å². The fraction of sp³-hybridized carbons (Fsp3) is 0.100. The SMILES string of the molecule is O=C(O)Cc1c(C(=O)O)c2cc(Oc3ccc(OC(F)(F)F)cc3)ccc2n1-c1ccc(NCc2cccnc2)cc1. The number of nitrogens with one attached hydrogen (secondary N) is 1. The zero-order chi connectivity index (χ0) is 29.9. The number of aromatic nitrogens is 2. The molecule has 0 saturated carbocycles. The predicted molar refractivity (Wildman–Crippen MR) is 146 cm³/mol. The minimum Gasteiger partial charge on any atom is -0.481 e. The average Bonchev–Trinajstić information content (AvgIpc) is 3.25. The van der Waals surface area contributed by atoms with Crippen LogP contribution in [0.2, 0.25) is 0 Å². The molecule has 2 heterocycles. The van der Waals surface area contributed by atoms with Crippen LogP contribution >= 0.6 is 0 Å². The maximum atomic E-state index is 12.4. The summed E-state index contributed by atoms with van der Waals surface area (Å²) in [6.45, 7) is 0.536. The molecule has 0 radical (unpaired) electrons. The molecule has 0 saturated heterocycles. The number of ether oxygens (including phenoxy) is 2. The molecule has 0 fully saturated rings. The largest absolute Gasteiger partial charge is 0.573 e. The molecule has 0 atom stereocenters. The van der Waals surface area contributed by atoms with Gasteiger partial charge in [-0.1, -0.05) is 6.07 Å². The van der Waals surface area contributed by atoms with E-state index in [9.17, 15) is 33.0 Å². The molecular weight excluding hydrogens is 555 g/mol. The Morgan fingerprint density at radius 1 is 0.905 bits per heavy atom. The third kappa shape index (κ3) is 6.44. The van der Waals surface area contributed by atoms with Gasteiger partial charge in [0.05, 0.1) is 17.5 Å². The fourth-order valence-corrected chi connectivity index (χ4v) is 4.51. The molecular formula is C30H22F3N3O6. The summed E-state index contributed by atoms with van der Waals surface area (Å²) in [6.07, 6.45) is -1.97. The van der Waals surface area contributed by atoms with Crippen molar-refractivity contribution in [3.8, 4) is 22.9 Å². The molecule has 2 aromatic heterocycles. The number of hydrogen-bond donors (Lipinski definition) is 3. The van der Waals surface area contributed by atoms with Crippen molar-refractivity contribution < 1.29 is 42.4 Å². The normalized spacial score (nSPS) is 11.3. The maximum absolute atomic E-state index is 12.4. The number of carboxylic acids is 2. The monoisotopic (exact) mass is 577 g/mol. The second kappa shape index (κ2) is 11.5. The first-order chi connectivity index (χ1) is 20.1. The zero-order valence-electron chi connectivity index (χ0n) is 21.6. The van der Waals surface area contributed by atoms with Crippen molar-refractivity contribution in [2.75, 3.05) is 5.32 Å². The van der Waals surface area contributed by atoms with Crippen LogP contribution in [-0.4, -0.2) is 38.1 Å². The average molecular weight is 578 g/mol. The van der Waals surface area contributed by atoms with E-state index in [0.29, 0.717) is 17.7 Å². The highest BCUT2D eigenvalue weighted by Gasteiger charge is 2.31. The van der Waals surface area contributed by atoms with Crippen molar-refractivity contribution in [3.63, 3.8) is 0 Å². The van der Waals surface area contributed by atoms with E-state index in [1.807, 2.05) is 12.1 Å². The Balaban J connectivity index is 1.49. The first-order valence-corrected chi connectivity index (χ1v) is 12.5. The van der Waals surface area contributed by atoms with Crippen LogP contribution in [0.5, 0.6) is 17.2 Å². The van der Waals surface area contributed by atoms with E-state index in [1.165, 1.54) is 18.2 Å². The zero-order valence-corrected chi connectivity index (χ0v) is 21.6. The number of alkyl halides is 3. The van der Waals surface area contributed by atoms with Crippen LogP contribution in [0.25, 0.3) is 16.6 Å². The minimum absolute atomic E-state index is 0.0619. The number of fused-ring (bicyclic) bond motifs is 1. The van der Waals surface area contributed by atoms with Gasteiger partial charge in [0.2, 0.25) is 0 Å². The summed E-state index contributed by atoms with van der Waals surface area (Å²) < 4.78 is 48.5. The molecule has 0 bridgehead atoms. The van der Waals surface area contributed by atoms with Gasteiger partial charge in [-0.25, -0.2) is 4.79 Å². The molecule has 5 rings (SSSR count). The first kappa shape index (κ1) is 28.0. The molecule has 5 aromatic rings. The molecule has 0 unspecified atom stereocenters. The number of anilines is 1. The Morgan fingerprint density at radius 2 is 1.60 bits per heavy atom. The summed E-state index contributed by atoms with van der Waals surface area (Å²) in [5, 5.41) is 23.2. The van der Waals surface area contributed by atoms with E-state index in [0.717, 1.165) is 23.4 Å². The van der Waals surface area contributed by atoms with E-state index in [1.54, 1.807) is 53.4 Å². The molecule has 3 aromatic carbocycles. The molecule has 0 aliphatic heterocycles. The van der Waals surface area contributed by atoms with Crippen LogP contribution in [-0.2, 0) is 17.8 Å². The van der Waals surface area contributed by atoms with Gasteiger partial charge in [-0.3, -0.25) is 9.78 Å². The number of nitrogens with zero attached hydrogens (tertiary/aromatic N) is 2. The molecule has 42 heavy (non-hydrogen) atoms. The summed E-state index contributed by atoms with van der Waals surface area (Å²) in [6, 6.07) is 20.2. The molecule has 12 heteroatoms. The smallest absolute Gasteiger partial charge is 0.481 e. The van der Waals surface area contributed by atoms with Crippen LogP contribution in [0, 0.1) is 0 Å². The standard InChI is InChI=1S/C30H22F3N3O6/c31-30(32,33)42-22-9-7-21(8-10-22)41-23-11-12-25-24(14-23)28(29(39)40)26(15-27(37)38)36(25)20-5-3-19(4-6-20)35-17-18-2-1-13-34-16-18/h1-14,16,35H,15,17H2,(H,37,38)(H,39,40). The number of carboxylic acid groups (broad SMARTS) is 2. The Kier molecular flexibility index (Phi) is 7.69. The quantitative estimate of drug-likeness (QED) is 0.169. The Morgan fingerprint density at radius 3 is 2.21 bits per heavy atom. The molecule has 0 aliphatic carbocycles. The lowest BCUT2D eigenvalue weighted by molar-refractivity contribution is -0.274. The van der Waals surface area contributed by atoms with E-state index < -0.39 is 30.5 Å². The third-order valence-electron chi connectivity index (χ3n) is 6.21. The van der Waals surface area contributed by atoms with E-state index in [4.69, 9.17) is 4.74 Å². The van der Waals surface area contributed by atoms with Gasteiger partial charge in [-0.15, -0.1) is 13.2 Å².